The van der Waals surface area contributed by atoms with E-state index in [-0.39, 0.29) is 43.0 Å². The normalized spacial score (nSPS) is 16.6. The van der Waals surface area contributed by atoms with E-state index >= 15 is 0 Å². The Morgan fingerprint density at radius 3 is 2.57 bits per heavy atom. The molecule has 1 fully saturated rings. The summed E-state index contributed by atoms with van der Waals surface area (Å²) >= 11 is 0. The number of nitrogens with zero attached hydrogens (tertiary/aromatic N) is 3. The second kappa shape index (κ2) is 11.9. The molecule has 0 aromatic carbocycles. The maximum absolute atomic E-state index is 12.7. The van der Waals surface area contributed by atoms with Gasteiger partial charge in [0.1, 0.15) is 0 Å². The van der Waals surface area contributed by atoms with E-state index in [1.807, 2.05) is 13.0 Å². The lowest BCUT2D eigenvalue weighted by molar-refractivity contribution is -0.0496. The number of rotatable bonds is 7. The molecule has 0 aliphatic carbocycles. The Labute approximate surface area is 191 Å². The number of guanidine groups is 1. The Balaban J connectivity index is 0.00000450. The fourth-order valence-corrected chi connectivity index (χ4v) is 3.96. The first-order valence-corrected chi connectivity index (χ1v) is 10.7. The van der Waals surface area contributed by atoms with Crippen molar-refractivity contribution in [3.05, 3.63) is 23.9 Å². The van der Waals surface area contributed by atoms with Crippen molar-refractivity contribution in [3.63, 3.8) is 0 Å². The molecule has 0 atom stereocenters. The van der Waals surface area contributed by atoms with Gasteiger partial charge in [-0.15, -0.1) is 24.0 Å². The maximum Gasteiger partial charge on any atom is 0.511 e. The molecular formula is C17H27F3IN5O3S. The van der Waals surface area contributed by atoms with Gasteiger partial charge in [0.2, 0.25) is 5.88 Å². The standard InChI is InChI=1S/C17H26F3N5O3S.HI/c1-3-21-16(24-12-14-5-4-8-22-15(14)28-2)23-11-13-6-9-25(10-7-13)29(26,27)17(18,19)20;/h4-5,8,13H,3,6-7,9-12H2,1-2H3,(H2,21,23,24);1H. The summed E-state index contributed by atoms with van der Waals surface area (Å²) in [4.78, 5) is 8.60. The van der Waals surface area contributed by atoms with Gasteiger partial charge < -0.3 is 15.4 Å². The number of aromatic nitrogens is 1. The molecule has 2 heterocycles. The van der Waals surface area contributed by atoms with E-state index in [1.54, 1.807) is 12.3 Å². The molecule has 0 unspecified atom stereocenters. The summed E-state index contributed by atoms with van der Waals surface area (Å²) < 4.78 is 66.6. The van der Waals surface area contributed by atoms with Crippen molar-refractivity contribution in [3.8, 4) is 5.88 Å². The van der Waals surface area contributed by atoms with Crippen LogP contribution in [0.2, 0.25) is 0 Å². The Morgan fingerprint density at radius 1 is 1.33 bits per heavy atom. The molecule has 0 radical (unpaired) electrons. The molecule has 2 rings (SSSR count). The molecule has 1 aromatic heterocycles. The fourth-order valence-electron chi connectivity index (χ4n) is 2.98. The van der Waals surface area contributed by atoms with Crippen LogP contribution < -0.4 is 15.4 Å². The highest BCUT2D eigenvalue weighted by Gasteiger charge is 2.50. The van der Waals surface area contributed by atoms with Gasteiger partial charge in [-0.05, 0) is 31.7 Å². The zero-order valence-corrected chi connectivity index (χ0v) is 19.9. The van der Waals surface area contributed by atoms with Gasteiger partial charge in [0, 0.05) is 37.9 Å². The largest absolute Gasteiger partial charge is 0.511 e. The van der Waals surface area contributed by atoms with Crippen LogP contribution in [-0.2, 0) is 16.6 Å². The van der Waals surface area contributed by atoms with Crippen molar-refractivity contribution >= 4 is 40.0 Å². The number of pyridine rings is 1. The Bertz CT molecular complexity index is 800. The Morgan fingerprint density at radius 2 is 2.00 bits per heavy atom. The predicted octanol–water partition coefficient (Wildman–Crippen LogP) is 2.32. The van der Waals surface area contributed by atoms with E-state index < -0.39 is 15.5 Å². The van der Waals surface area contributed by atoms with Crippen molar-refractivity contribution in [1.82, 2.24) is 19.9 Å². The molecule has 0 bridgehead atoms. The number of sulfonamides is 1. The topological polar surface area (TPSA) is 95.9 Å². The second-order valence-corrected chi connectivity index (χ2v) is 8.47. The van der Waals surface area contributed by atoms with Crippen LogP contribution in [0.15, 0.2) is 23.3 Å². The first-order valence-electron chi connectivity index (χ1n) is 9.25. The van der Waals surface area contributed by atoms with E-state index in [4.69, 9.17) is 4.74 Å². The van der Waals surface area contributed by atoms with Crippen LogP contribution in [0.5, 0.6) is 5.88 Å². The minimum atomic E-state index is -5.25. The fraction of sp³-hybridized carbons (Fsp3) is 0.647. The SMILES string of the molecule is CCNC(=NCc1cccnc1OC)NCC1CCN(S(=O)(=O)C(F)(F)F)CC1.I. The van der Waals surface area contributed by atoms with Crippen LogP contribution in [0, 0.1) is 5.92 Å². The molecule has 1 aliphatic rings. The number of aliphatic imine (C=N–C) groups is 1. The lowest BCUT2D eigenvalue weighted by atomic mass is 9.98. The third-order valence-corrected chi connectivity index (χ3v) is 6.19. The Kier molecular flexibility index (Phi) is 10.6. The first kappa shape index (κ1) is 26.7. The van der Waals surface area contributed by atoms with Gasteiger partial charge in [0.25, 0.3) is 0 Å². The molecule has 30 heavy (non-hydrogen) atoms. The Hall–Kier alpha value is -1.35. The first-order chi connectivity index (χ1) is 13.7. The summed E-state index contributed by atoms with van der Waals surface area (Å²) in [5, 5.41) is 6.27. The third kappa shape index (κ3) is 7.11. The summed E-state index contributed by atoms with van der Waals surface area (Å²) in [5.41, 5.74) is -4.44. The molecule has 1 saturated heterocycles. The molecule has 13 heteroatoms. The van der Waals surface area contributed by atoms with Crippen molar-refractivity contribution in [2.75, 3.05) is 33.3 Å². The highest BCUT2D eigenvalue weighted by molar-refractivity contribution is 14.0. The van der Waals surface area contributed by atoms with Gasteiger partial charge >= 0.3 is 15.5 Å². The average Bonchev–Trinajstić information content (AvgIpc) is 2.69. The summed E-state index contributed by atoms with van der Waals surface area (Å²) in [6, 6.07) is 3.65. The molecule has 1 aromatic rings. The predicted molar refractivity (Wildman–Crippen MR) is 118 cm³/mol. The number of nitrogens with one attached hydrogen (secondary N) is 2. The maximum atomic E-state index is 12.7. The van der Waals surface area contributed by atoms with Crippen LogP contribution in [0.25, 0.3) is 0 Å². The van der Waals surface area contributed by atoms with Gasteiger partial charge in [-0.3, -0.25) is 0 Å². The third-order valence-electron chi connectivity index (χ3n) is 4.56. The number of piperidine rings is 1. The van der Waals surface area contributed by atoms with E-state index in [1.165, 1.54) is 7.11 Å². The van der Waals surface area contributed by atoms with Crippen molar-refractivity contribution in [1.29, 1.82) is 0 Å². The van der Waals surface area contributed by atoms with Crippen LogP contribution >= 0.6 is 24.0 Å². The minimum absolute atomic E-state index is 0. The van der Waals surface area contributed by atoms with Crippen molar-refractivity contribution < 1.29 is 26.3 Å². The molecule has 0 spiro atoms. The van der Waals surface area contributed by atoms with Gasteiger partial charge in [-0.2, -0.15) is 17.5 Å². The number of alkyl halides is 3. The van der Waals surface area contributed by atoms with Gasteiger partial charge in [-0.25, -0.2) is 18.4 Å². The summed E-state index contributed by atoms with van der Waals surface area (Å²) in [6.07, 6.45) is 2.32. The lowest BCUT2D eigenvalue weighted by Crippen LogP contribution is -2.47. The molecular weight excluding hydrogens is 538 g/mol. The van der Waals surface area contributed by atoms with Crippen LogP contribution in [0.1, 0.15) is 25.3 Å². The molecule has 0 amide bonds. The minimum Gasteiger partial charge on any atom is -0.481 e. The number of halogens is 4. The second-order valence-electron chi connectivity index (χ2n) is 6.54. The number of methoxy groups -OCH3 is 1. The quantitative estimate of drug-likeness (QED) is 0.300. The number of hydrogen-bond acceptors (Lipinski definition) is 5. The zero-order valence-electron chi connectivity index (χ0n) is 16.8. The van der Waals surface area contributed by atoms with E-state index in [2.05, 4.69) is 20.6 Å². The summed E-state index contributed by atoms with van der Waals surface area (Å²) in [6.45, 7) is 3.09. The number of ether oxygens (including phenoxy) is 1. The molecule has 172 valence electrons. The molecule has 1 aliphatic heterocycles. The van der Waals surface area contributed by atoms with Gasteiger partial charge in [-0.1, -0.05) is 6.07 Å². The highest BCUT2D eigenvalue weighted by Crippen LogP contribution is 2.30. The van der Waals surface area contributed by atoms with Crippen molar-refractivity contribution in [2.24, 2.45) is 10.9 Å². The monoisotopic (exact) mass is 565 g/mol. The molecule has 0 saturated carbocycles. The summed E-state index contributed by atoms with van der Waals surface area (Å²) in [7, 11) is -3.72. The zero-order chi connectivity index (χ0) is 21.5. The molecule has 8 nitrogen and oxygen atoms in total. The lowest BCUT2D eigenvalue weighted by Gasteiger charge is -2.31. The smallest absolute Gasteiger partial charge is 0.481 e. The van der Waals surface area contributed by atoms with Crippen LogP contribution in [-0.4, -0.2) is 62.5 Å². The average molecular weight is 565 g/mol. The van der Waals surface area contributed by atoms with E-state index in [0.717, 1.165) is 5.56 Å². The van der Waals surface area contributed by atoms with Gasteiger partial charge in [0.05, 0.1) is 13.7 Å². The van der Waals surface area contributed by atoms with Crippen LogP contribution in [0.3, 0.4) is 0 Å². The van der Waals surface area contributed by atoms with Gasteiger partial charge in [0.15, 0.2) is 5.96 Å². The number of hydrogen-bond donors (Lipinski definition) is 2. The van der Waals surface area contributed by atoms with Crippen LogP contribution in [0.4, 0.5) is 13.2 Å². The van der Waals surface area contributed by atoms with E-state index in [9.17, 15) is 21.6 Å². The highest BCUT2D eigenvalue weighted by atomic mass is 127. The van der Waals surface area contributed by atoms with Crippen molar-refractivity contribution in [2.45, 2.75) is 31.8 Å². The summed E-state index contributed by atoms with van der Waals surface area (Å²) in [5.74, 6) is 1.10. The molecule has 2 N–H and O–H groups in total. The van der Waals surface area contributed by atoms with E-state index in [0.29, 0.717) is 48.6 Å².